The first-order chi connectivity index (χ1) is 17.4. The van der Waals surface area contributed by atoms with E-state index in [4.69, 9.17) is 0 Å². The Bertz CT molecular complexity index is 1680. The maximum absolute atomic E-state index is 12.9. The number of hydrogen-bond acceptors (Lipinski definition) is 4. The molecule has 0 amide bonds. The second-order valence-electron chi connectivity index (χ2n) is 8.06. The van der Waals surface area contributed by atoms with Crippen molar-refractivity contribution in [3.05, 3.63) is 114 Å². The molecule has 0 bridgehead atoms. The molecule has 3 aromatic carbocycles. The van der Waals surface area contributed by atoms with E-state index >= 15 is 0 Å². The number of nitrogens with zero attached hydrogens (tertiary/aromatic N) is 1. The summed E-state index contributed by atoms with van der Waals surface area (Å²) in [4.78, 5) is 19.3. The molecule has 7 nitrogen and oxygen atoms in total. The largest absolute Gasteiger partial charge is 0.478 e. The number of hydrogen-bond donors (Lipinski definition) is 3. The summed E-state index contributed by atoms with van der Waals surface area (Å²) in [7, 11) is -3.86. The van der Waals surface area contributed by atoms with Crippen molar-refractivity contribution in [2.75, 3.05) is 4.72 Å². The number of carbonyl (C=O) groups is 1. The smallest absolute Gasteiger partial charge is 0.336 e. The van der Waals surface area contributed by atoms with Crippen molar-refractivity contribution in [2.24, 2.45) is 0 Å². The molecule has 36 heavy (non-hydrogen) atoms. The van der Waals surface area contributed by atoms with Crippen LogP contribution in [0.25, 0.3) is 33.8 Å². The molecule has 178 valence electrons. The molecule has 0 saturated heterocycles. The van der Waals surface area contributed by atoms with Crippen molar-refractivity contribution >= 4 is 44.5 Å². The number of rotatable bonds is 7. The van der Waals surface area contributed by atoms with Gasteiger partial charge in [-0.05, 0) is 47.0 Å². The van der Waals surface area contributed by atoms with Crippen LogP contribution < -0.4 is 4.72 Å². The first-order valence-electron chi connectivity index (χ1n) is 11.1. The zero-order valence-electron chi connectivity index (χ0n) is 18.9. The van der Waals surface area contributed by atoms with Crippen LogP contribution in [0.5, 0.6) is 0 Å². The van der Waals surface area contributed by atoms with Crippen molar-refractivity contribution < 1.29 is 18.3 Å². The number of carboxylic acid groups (broad SMARTS) is 1. The van der Waals surface area contributed by atoms with Gasteiger partial charge >= 0.3 is 5.97 Å². The van der Waals surface area contributed by atoms with Crippen LogP contribution in [0.4, 0.5) is 5.82 Å². The maximum atomic E-state index is 12.9. The lowest BCUT2D eigenvalue weighted by molar-refractivity contribution is -0.130. The van der Waals surface area contributed by atoms with Crippen molar-refractivity contribution in [1.82, 2.24) is 9.97 Å². The summed E-state index contributed by atoms with van der Waals surface area (Å²) in [5.41, 5.74) is 3.69. The van der Waals surface area contributed by atoms with Crippen LogP contribution in [0, 0.1) is 0 Å². The predicted octanol–water partition coefficient (Wildman–Crippen LogP) is 5.66. The maximum Gasteiger partial charge on any atom is 0.336 e. The average Bonchev–Trinajstić information content (AvgIpc) is 3.30. The molecule has 0 unspecified atom stereocenters. The van der Waals surface area contributed by atoms with Gasteiger partial charge in [0.2, 0.25) is 0 Å². The predicted molar refractivity (Wildman–Crippen MR) is 141 cm³/mol. The normalized spacial score (nSPS) is 11.9. The van der Waals surface area contributed by atoms with Crippen molar-refractivity contribution in [3.63, 3.8) is 0 Å². The highest BCUT2D eigenvalue weighted by Crippen LogP contribution is 2.26. The van der Waals surface area contributed by atoms with Gasteiger partial charge in [0.25, 0.3) is 10.0 Å². The van der Waals surface area contributed by atoms with Gasteiger partial charge in [-0.15, -0.1) is 0 Å². The Hall–Kier alpha value is -4.69. The molecule has 5 aromatic rings. The van der Waals surface area contributed by atoms with E-state index in [-0.39, 0.29) is 16.3 Å². The number of benzene rings is 3. The Balaban J connectivity index is 1.40. The summed E-state index contributed by atoms with van der Waals surface area (Å²) < 4.78 is 28.4. The van der Waals surface area contributed by atoms with Gasteiger partial charge in [0.15, 0.2) is 0 Å². The number of fused-ring (bicyclic) bond motifs is 1. The second kappa shape index (κ2) is 9.52. The lowest BCUT2D eigenvalue weighted by atomic mass is 10.0. The minimum absolute atomic E-state index is 0.119. The number of carboxylic acids is 1. The number of anilines is 1. The van der Waals surface area contributed by atoms with E-state index in [1.165, 1.54) is 0 Å². The highest BCUT2D eigenvalue weighted by atomic mass is 32.2. The molecular weight excluding hydrogens is 474 g/mol. The van der Waals surface area contributed by atoms with Gasteiger partial charge in [0.05, 0.1) is 10.5 Å². The number of nitrogens with one attached hydrogen (secondary N) is 2. The fourth-order valence-electron chi connectivity index (χ4n) is 3.90. The van der Waals surface area contributed by atoms with Crippen LogP contribution in [0.15, 0.2) is 108 Å². The van der Waals surface area contributed by atoms with Crippen LogP contribution in [0.1, 0.15) is 11.1 Å². The summed E-state index contributed by atoms with van der Waals surface area (Å²) in [6.07, 6.45) is 3.21. The van der Waals surface area contributed by atoms with E-state index in [1.54, 1.807) is 72.9 Å². The van der Waals surface area contributed by atoms with Gasteiger partial charge in [-0.1, -0.05) is 72.8 Å². The molecule has 0 spiro atoms. The van der Waals surface area contributed by atoms with Crippen molar-refractivity contribution in [2.45, 2.75) is 4.90 Å². The van der Waals surface area contributed by atoms with E-state index in [1.807, 2.05) is 36.4 Å². The zero-order valence-corrected chi connectivity index (χ0v) is 19.7. The van der Waals surface area contributed by atoms with Gasteiger partial charge in [0, 0.05) is 17.1 Å². The van der Waals surface area contributed by atoms with E-state index in [0.717, 1.165) is 11.1 Å². The van der Waals surface area contributed by atoms with E-state index < -0.39 is 16.0 Å². The second-order valence-corrected chi connectivity index (χ2v) is 9.74. The molecule has 2 heterocycles. The molecule has 3 N–H and O–H groups in total. The Labute approximate surface area is 207 Å². The summed E-state index contributed by atoms with van der Waals surface area (Å²) in [6, 6.07) is 28.4. The highest BCUT2D eigenvalue weighted by Gasteiger charge is 2.17. The lowest BCUT2D eigenvalue weighted by Crippen LogP contribution is -2.13. The Morgan fingerprint density at radius 2 is 1.47 bits per heavy atom. The molecular formula is C28H21N3O4S. The number of aromatic nitrogens is 2. The standard InChI is InChI=1S/C28H21N3O4S/c32-28(33)25(21-9-5-2-6-10-21)17-22-18-29-27-24(22)15-16-26(30-27)31-36(34,35)23-13-11-20(12-14-23)19-7-3-1-4-8-19/h1-18H,(H,32,33)(H2,29,30,31). The van der Waals surface area contributed by atoms with Gasteiger partial charge < -0.3 is 10.1 Å². The number of sulfonamides is 1. The number of aromatic amines is 1. The lowest BCUT2D eigenvalue weighted by Gasteiger charge is -2.09. The molecule has 0 aliphatic heterocycles. The zero-order chi connectivity index (χ0) is 25.1. The van der Waals surface area contributed by atoms with E-state index in [9.17, 15) is 18.3 Å². The Morgan fingerprint density at radius 3 is 2.14 bits per heavy atom. The summed E-state index contributed by atoms with van der Waals surface area (Å²) in [5, 5.41) is 10.4. The summed E-state index contributed by atoms with van der Waals surface area (Å²) >= 11 is 0. The van der Waals surface area contributed by atoms with Crippen LogP contribution >= 0.6 is 0 Å². The third-order valence-electron chi connectivity index (χ3n) is 5.70. The number of pyridine rings is 1. The molecule has 0 saturated carbocycles. The van der Waals surface area contributed by atoms with Gasteiger partial charge in [-0.3, -0.25) is 4.72 Å². The molecule has 0 aliphatic rings. The molecule has 8 heteroatoms. The fraction of sp³-hybridized carbons (Fsp3) is 0. The van der Waals surface area contributed by atoms with Gasteiger partial charge in [0.1, 0.15) is 11.5 Å². The Kier molecular flexibility index (Phi) is 6.10. The molecule has 5 rings (SSSR count). The van der Waals surface area contributed by atoms with E-state index in [2.05, 4.69) is 14.7 Å². The topological polar surface area (TPSA) is 112 Å². The number of aliphatic carboxylic acids is 1. The molecule has 2 aromatic heterocycles. The average molecular weight is 496 g/mol. The number of H-pyrrole nitrogens is 1. The van der Waals surface area contributed by atoms with E-state index in [0.29, 0.717) is 22.2 Å². The first kappa shape index (κ1) is 23.1. The van der Waals surface area contributed by atoms with Crippen LogP contribution in [0.2, 0.25) is 0 Å². The van der Waals surface area contributed by atoms with Crippen molar-refractivity contribution in [3.8, 4) is 11.1 Å². The molecule has 0 radical (unpaired) electrons. The third kappa shape index (κ3) is 4.75. The van der Waals surface area contributed by atoms with Crippen LogP contribution in [-0.4, -0.2) is 29.5 Å². The third-order valence-corrected chi connectivity index (χ3v) is 7.07. The molecule has 0 aliphatic carbocycles. The Morgan fingerprint density at radius 1 is 0.833 bits per heavy atom. The minimum Gasteiger partial charge on any atom is -0.478 e. The fourth-order valence-corrected chi connectivity index (χ4v) is 4.90. The highest BCUT2D eigenvalue weighted by molar-refractivity contribution is 7.92. The SMILES string of the molecule is O=C(O)C(=Cc1c[nH]c2nc(NS(=O)(=O)c3ccc(-c4ccccc4)cc3)ccc12)c1ccccc1. The first-order valence-corrected chi connectivity index (χ1v) is 12.6. The minimum atomic E-state index is -3.86. The summed E-state index contributed by atoms with van der Waals surface area (Å²) in [6.45, 7) is 0. The van der Waals surface area contributed by atoms with Crippen LogP contribution in [-0.2, 0) is 14.8 Å². The van der Waals surface area contributed by atoms with Gasteiger partial charge in [-0.25, -0.2) is 18.2 Å². The molecule has 0 fully saturated rings. The summed E-state index contributed by atoms with van der Waals surface area (Å²) in [5.74, 6) is -0.903. The van der Waals surface area contributed by atoms with Gasteiger partial charge in [-0.2, -0.15) is 0 Å². The van der Waals surface area contributed by atoms with Crippen molar-refractivity contribution in [1.29, 1.82) is 0 Å². The van der Waals surface area contributed by atoms with Crippen LogP contribution in [0.3, 0.4) is 0 Å². The monoisotopic (exact) mass is 495 g/mol. The quantitative estimate of drug-likeness (QED) is 0.252. The molecule has 0 atom stereocenters.